The molecular weight excluding hydrogens is 162 g/mol. The number of hydrogen-bond acceptors (Lipinski definition) is 1. The molecule has 64 valence electrons. The minimum atomic E-state index is -1.80. The molecule has 0 bridgehead atoms. The van der Waals surface area contributed by atoms with Gasteiger partial charge in [-0.15, -0.1) is 0 Å². The number of hydrogen-bond donors (Lipinski definition) is 1. The second-order valence-corrected chi connectivity index (χ2v) is 2.92. The summed E-state index contributed by atoms with van der Waals surface area (Å²) in [5.74, 6) is 0. The van der Waals surface area contributed by atoms with Crippen molar-refractivity contribution in [2.24, 2.45) is 0 Å². The van der Waals surface area contributed by atoms with Gasteiger partial charge in [-0.05, 0) is 11.1 Å². The highest BCUT2D eigenvalue weighted by molar-refractivity contribution is 5.37. The zero-order chi connectivity index (χ0) is 8.72. The first kappa shape index (κ1) is 7.68. The molecule has 0 saturated heterocycles. The Hall–Kier alpha value is -0.960. The van der Waals surface area contributed by atoms with Crippen molar-refractivity contribution in [3.05, 3.63) is 35.4 Å². The fourth-order valence-electron chi connectivity index (χ4n) is 1.53. The molecule has 1 aromatic carbocycles. The Labute approximate surface area is 68.6 Å². The summed E-state index contributed by atoms with van der Waals surface area (Å²) in [5, 5.41) is 9.21. The van der Waals surface area contributed by atoms with Crippen LogP contribution in [0.1, 0.15) is 23.4 Å². The number of rotatable bonds is 0. The number of benzene rings is 1. The Morgan fingerprint density at radius 2 is 1.67 bits per heavy atom. The van der Waals surface area contributed by atoms with E-state index in [2.05, 4.69) is 0 Å². The lowest BCUT2D eigenvalue weighted by Crippen LogP contribution is -2.08. The van der Waals surface area contributed by atoms with E-state index in [-0.39, 0.29) is 5.56 Å². The van der Waals surface area contributed by atoms with Gasteiger partial charge >= 0.3 is 0 Å². The van der Waals surface area contributed by atoms with Gasteiger partial charge in [-0.25, -0.2) is 8.78 Å². The second kappa shape index (κ2) is 2.52. The van der Waals surface area contributed by atoms with Gasteiger partial charge in [0.25, 0.3) is 0 Å². The molecule has 0 heterocycles. The Kier molecular flexibility index (Phi) is 1.61. The highest BCUT2D eigenvalue weighted by Gasteiger charge is 2.40. The van der Waals surface area contributed by atoms with E-state index in [9.17, 15) is 13.9 Å². The van der Waals surface area contributed by atoms with Gasteiger partial charge in [-0.3, -0.25) is 0 Å². The zero-order valence-electron chi connectivity index (χ0n) is 6.24. The van der Waals surface area contributed by atoms with Crippen molar-refractivity contribution in [2.45, 2.75) is 18.4 Å². The lowest BCUT2D eigenvalue weighted by molar-refractivity contribution is 0.0468. The first-order valence-electron chi connectivity index (χ1n) is 3.77. The summed E-state index contributed by atoms with van der Waals surface area (Å²) in [4.78, 5) is 0. The molecule has 0 saturated carbocycles. The van der Waals surface area contributed by atoms with E-state index >= 15 is 0 Å². The summed E-state index contributed by atoms with van der Waals surface area (Å²) in [5.41, 5.74) is 0.648. The summed E-state index contributed by atoms with van der Waals surface area (Å²) in [6.07, 6.45) is -4.77. The fourth-order valence-corrected chi connectivity index (χ4v) is 1.53. The Balaban J connectivity index is 2.52. The fraction of sp³-hybridized carbons (Fsp3) is 0.333. The molecule has 3 heteroatoms. The standard InChI is InChI=1S/C9H8F2O/c10-7-5-3-1-2-4-6(5)9(12)8(7)11/h1-4,7-9,12H. The smallest absolute Gasteiger partial charge is 0.165 e. The van der Waals surface area contributed by atoms with E-state index in [1.807, 2.05) is 0 Å². The Bertz CT molecular complexity index is 271. The van der Waals surface area contributed by atoms with Gasteiger partial charge < -0.3 is 5.11 Å². The molecular formula is C9H8F2O. The van der Waals surface area contributed by atoms with Gasteiger partial charge in [0.05, 0.1) is 0 Å². The topological polar surface area (TPSA) is 20.2 Å². The second-order valence-electron chi connectivity index (χ2n) is 2.92. The molecule has 0 aromatic heterocycles. The van der Waals surface area contributed by atoms with Gasteiger partial charge in [0.1, 0.15) is 6.10 Å². The average molecular weight is 170 g/mol. The van der Waals surface area contributed by atoms with Crippen LogP contribution in [-0.4, -0.2) is 11.3 Å². The Morgan fingerprint density at radius 3 is 2.25 bits per heavy atom. The van der Waals surface area contributed by atoms with Crippen LogP contribution >= 0.6 is 0 Å². The van der Waals surface area contributed by atoms with Crippen molar-refractivity contribution in [3.63, 3.8) is 0 Å². The molecule has 0 amide bonds. The summed E-state index contributed by atoms with van der Waals surface area (Å²) in [7, 11) is 0. The van der Waals surface area contributed by atoms with Crippen LogP contribution in [0, 0.1) is 0 Å². The molecule has 1 aromatic rings. The highest BCUT2D eigenvalue weighted by Crippen LogP contribution is 2.42. The maximum atomic E-state index is 13.0. The minimum Gasteiger partial charge on any atom is -0.385 e. The number of fused-ring (bicyclic) bond motifs is 1. The largest absolute Gasteiger partial charge is 0.385 e. The van der Waals surface area contributed by atoms with Gasteiger partial charge in [-0.2, -0.15) is 0 Å². The number of aliphatic hydroxyl groups is 1. The molecule has 1 N–H and O–H groups in total. The van der Waals surface area contributed by atoms with Crippen LogP contribution < -0.4 is 0 Å². The molecule has 1 aliphatic carbocycles. The summed E-state index contributed by atoms with van der Waals surface area (Å²) in [6.45, 7) is 0. The predicted octanol–water partition coefficient (Wildman–Crippen LogP) is 2.08. The maximum absolute atomic E-state index is 13.0. The summed E-state index contributed by atoms with van der Waals surface area (Å²) >= 11 is 0. The summed E-state index contributed by atoms with van der Waals surface area (Å²) in [6, 6.07) is 6.35. The van der Waals surface area contributed by atoms with Crippen LogP contribution in [0.5, 0.6) is 0 Å². The van der Waals surface area contributed by atoms with Crippen molar-refractivity contribution < 1.29 is 13.9 Å². The summed E-state index contributed by atoms with van der Waals surface area (Å²) < 4.78 is 25.9. The van der Waals surface area contributed by atoms with Crippen molar-refractivity contribution in [1.82, 2.24) is 0 Å². The third-order valence-electron chi connectivity index (χ3n) is 2.19. The molecule has 3 atom stereocenters. The normalized spacial score (nSPS) is 33.4. The highest BCUT2D eigenvalue weighted by atomic mass is 19.2. The average Bonchev–Trinajstić information content (AvgIpc) is 2.33. The van der Waals surface area contributed by atoms with Gasteiger partial charge in [0.15, 0.2) is 12.3 Å². The third-order valence-corrected chi connectivity index (χ3v) is 2.19. The van der Waals surface area contributed by atoms with E-state index in [1.165, 1.54) is 6.07 Å². The minimum absolute atomic E-state index is 0.275. The van der Waals surface area contributed by atoms with Crippen molar-refractivity contribution in [2.75, 3.05) is 0 Å². The van der Waals surface area contributed by atoms with Crippen molar-refractivity contribution in [1.29, 1.82) is 0 Å². The quantitative estimate of drug-likeness (QED) is 0.632. The van der Waals surface area contributed by atoms with Crippen LogP contribution in [0.4, 0.5) is 8.78 Å². The van der Waals surface area contributed by atoms with Gasteiger partial charge in [0.2, 0.25) is 0 Å². The lowest BCUT2D eigenvalue weighted by Gasteiger charge is -2.05. The van der Waals surface area contributed by atoms with Gasteiger partial charge in [-0.1, -0.05) is 24.3 Å². The first-order chi connectivity index (χ1) is 5.72. The van der Waals surface area contributed by atoms with Crippen LogP contribution in [0.3, 0.4) is 0 Å². The molecule has 0 fully saturated rings. The van der Waals surface area contributed by atoms with E-state index in [1.54, 1.807) is 18.2 Å². The maximum Gasteiger partial charge on any atom is 0.165 e. The molecule has 12 heavy (non-hydrogen) atoms. The van der Waals surface area contributed by atoms with E-state index in [4.69, 9.17) is 0 Å². The molecule has 0 radical (unpaired) electrons. The van der Waals surface area contributed by atoms with Gasteiger partial charge in [0, 0.05) is 0 Å². The molecule has 0 aliphatic heterocycles. The van der Waals surface area contributed by atoms with Crippen LogP contribution in [-0.2, 0) is 0 Å². The molecule has 3 unspecified atom stereocenters. The van der Waals surface area contributed by atoms with E-state index in [0.29, 0.717) is 5.56 Å². The number of alkyl halides is 2. The predicted molar refractivity (Wildman–Crippen MR) is 40.1 cm³/mol. The van der Waals surface area contributed by atoms with Crippen LogP contribution in [0.15, 0.2) is 24.3 Å². The first-order valence-corrected chi connectivity index (χ1v) is 3.77. The number of aliphatic hydroxyl groups excluding tert-OH is 1. The zero-order valence-corrected chi connectivity index (χ0v) is 6.24. The molecule has 2 rings (SSSR count). The number of halogens is 2. The Morgan fingerprint density at radius 1 is 1.08 bits per heavy atom. The van der Waals surface area contributed by atoms with Crippen LogP contribution in [0.25, 0.3) is 0 Å². The molecule has 1 nitrogen and oxygen atoms in total. The van der Waals surface area contributed by atoms with Crippen molar-refractivity contribution in [3.8, 4) is 0 Å². The van der Waals surface area contributed by atoms with E-state index < -0.39 is 18.4 Å². The molecule has 1 aliphatic rings. The molecule has 0 spiro atoms. The lowest BCUT2D eigenvalue weighted by atomic mass is 10.1. The van der Waals surface area contributed by atoms with E-state index in [0.717, 1.165) is 0 Å². The SMILES string of the molecule is OC1c2ccccc2C(F)C1F. The van der Waals surface area contributed by atoms with Crippen LogP contribution in [0.2, 0.25) is 0 Å². The van der Waals surface area contributed by atoms with Crippen molar-refractivity contribution >= 4 is 0 Å². The third kappa shape index (κ3) is 0.862. The monoisotopic (exact) mass is 170 g/mol.